The highest BCUT2D eigenvalue weighted by molar-refractivity contribution is 5.99. The van der Waals surface area contributed by atoms with Crippen molar-refractivity contribution in [3.63, 3.8) is 0 Å². The van der Waals surface area contributed by atoms with Crippen molar-refractivity contribution < 1.29 is 14.8 Å². The van der Waals surface area contributed by atoms with Crippen molar-refractivity contribution in [3.8, 4) is 0 Å². The van der Waals surface area contributed by atoms with Gasteiger partial charge >= 0.3 is 0 Å². The zero-order valence-corrected chi connectivity index (χ0v) is 14.2. The highest BCUT2D eigenvalue weighted by Crippen LogP contribution is 2.19. The number of nitrogens with zero attached hydrogens (tertiary/aromatic N) is 2. The normalized spacial score (nSPS) is 13.8. The number of rotatable bonds is 5. The molecule has 0 radical (unpaired) electrons. The number of carbonyl (C=O) groups is 2. The molecule has 2 amide bonds. The summed E-state index contributed by atoms with van der Waals surface area (Å²) in [5, 5.41) is 12.6. The van der Waals surface area contributed by atoms with Crippen molar-refractivity contribution >= 4 is 23.7 Å². The molecule has 0 aliphatic carbocycles. The van der Waals surface area contributed by atoms with Crippen molar-refractivity contribution in [3.05, 3.63) is 65.2 Å². The summed E-state index contributed by atoms with van der Waals surface area (Å²) in [6.07, 6.45) is 4.03. The molecule has 0 unspecified atom stereocenters. The summed E-state index contributed by atoms with van der Waals surface area (Å²) in [5.74, 6) is -1.12. The summed E-state index contributed by atoms with van der Waals surface area (Å²) in [4.78, 5) is 25.8. The average Bonchev–Trinajstić information content (AvgIpc) is 3.22. The molecule has 1 aliphatic heterocycles. The summed E-state index contributed by atoms with van der Waals surface area (Å²) in [7, 11) is 0. The standard InChI is InChI=1S/C19H20N4O3/c24-18(15-4-3-5-16(12-15)19(25)22-26)21-20-13-14-6-8-17(9-7-14)23-10-1-2-11-23/h3-9,12-13,26H,1-2,10-11H2,(H,21,24)(H,22,25)/b20-13+. The van der Waals surface area contributed by atoms with E-state index in [9.17, 15) is 9.59 Å². The molecule has 0 bridgehead atoms. The van der Waals surface area contributed by atoms with E-state index < -0.39 is 11.8 Å². The van der Waals surface area contributed by atoms with Gasteiger partial charge in [0.15, 0.2) is 0 Å². The lowest BCUT2D eigenvalue weighted by Crippen LogP contribution is -2.21. The molecule has 134 valence electrons. The van der Waals surface area contributed by atoms with Gasteiger partial charge < -0.3 is 4.90 Å². The van der Waals surface area contributed by atoms with Gasteiger partial charge in [0, 0.05) is 29.9 Å². The Morgan fingerprint density at radius 2 is 1.65 bits per heavy atom. The van der Waals surface area contributed by atoms with Crippen LogP contribution in [-0.2, 0) is 0 Å². The van der Waals surface area contributed by atoms with E-state index in [1.165, 1.54) is 36.1 Å². The van der Waals surface area contributed by atoms with E-state index in [2.05, 4.69) is 15.4 Å². The maximum Gasteiger partial charge on any atom is 0.274 e. The second-order valence-corrected chi connectivity index (χ2v) is 6.01. The summed E-state index contributed by atoms with van der Waals surface area (Å²) in [6.45, 7) is 2.19. The fraction of sp³-hybridized carbons (Fsp3) is 0.211. The van der Waals surface area contributed by atoms with E-state index >= 15 is 0 Å². The van der Waals surface area contributed by atoms with E-state index in [0.717, 1.165) is 18.7 Å². The third kappa shape index (κ3) is 4.25. The van der Waals surface area contributed by atoms with E-state index in [1.54, 1.807) is 18.3 Å². The Balaban J connectivity index is 1.59. The molecular weight excluding hydrogens is 332 g/mol. The Labute approximate surface area is 151 Å². The molecule has 0 saturated carbocycles. The number of hydrazone groups is 1. The largest absolute Gasteiger partial charge is 0.372 e. The molecule has 0 atom stereocenters. The Morgan fingerprint density at radius 1 is 1.00 bits per heavy atom. The van der Waals surface area contributed by atoms with E-state index in [4.69, 9.17) is 5.21 Å². The maximum absolute atomic E-state index is 12.1. The summed E-state index contributed by atoms with van der Waals surface area (Å²) in [5.41, 5.74) is 6.49. The minimum absolute atomic E-state index is 0.182. The molecule has 2 aromatic carbocycles. The molecule has 1 saturated heterocycles. The number of hydrogen-bond acceptors (Lipinski definition) is 5. The molecule has 3 rings (SSSR count). The first-order chi connectivity index (χ1) is 12.7. The lowest BCUT2D eigenvalue weighted by Gasteiger charge is -2.17. The molecule has 0 spiro atoms. The van der Waals surface area contributed by atoms with Crippen LogP contribution in [0.2, 0.25) is 0 Å². The van der Waals surface area contributed by atoms with Crippen molar-refractivity contribution in [2.75, 3.05) is 18.0 Å². The maximum atomic E-state index is 12.1. The third-order valence-electron chi connectivity index (χ3n) is 4.23. The number of hydrogen-bond donors (Lipinski definition) is 3. The van der Waals surface area contributed by atoms with Crippen LogP contribution in [0.15, 0.2) is 53.6 Å². The van der Waals surface area contributed by atoms with Gasteiger partial charge in [-0.05, 0) is 48.7 Å². The first kappa shape index (κ1) is 17.6. The van der Waals surface area contributed by atoms with Crippen molar-refractivity contribution in [2.45, 2.75) is 12.8 Å². The first-order valence-electron chi connectivity index (χ1n) is 8.40. The summed E-state index contributed by atoms with van der Waals surface area (Å²) >= 11 is 0. The zero-order chi connectivity index (χ0) is 18.4. The predicted octanol–water partition coefficient (Wildman–Crippen LogP) is 2.17. The topological polar surface area (TPSA) is 94.0 Å². The van der Waals surface area contributed by atoms with Gasteiger partial charge in [-0.1, -0.05) is 18.2 Å². The highest BCUT2D eigenvalue weighted by atomic mass is 16.5. The highest BCUT2D eigenvalue weighted by Gasteiger charge is 2.11. The van der Waals surface area contributed by atoms with Gasteiger partial charge in [0.1, 0.15) is 0 Å². The quantitative estimate of drug-likeness (QED) is 0.437. The van der Waals surface area contributed by atoms with Crippen LogP contribution in [0.3, 0.4) is 0 Å². The van der Waals surface area contributed by atoms with Gasteiger partial charge in [0.25, 0.3) is 11.8 Å². The van der Waals surface area contributed by atoms with Crippen LogP contribution in [-0.4, -0.2) is 36.3 Å². The molecule has 7 heteroatoms. The number of anilines is 1. The van der Waals surface area contributed by atoms with Gasteiger partial charge in [-0.2, -0.15) is 5.10 Å². The molecule has 0 aromatic heterocycles. The van der Waals surface area contributed by atoms with Crippen LogP contribution < -0.4 is 15.8 Å². The van der Waals surface area contributed by atoms with Gasteiger partial charge in [0.2, 0.25) is 0 Å². The number of benzene rings is 2. The van der Waals surface area contributed by atoms with Crippen LogP contribution in [0.5, 0.6) is 0 Å². The van der Waals surface area contributed by atoms with Crippen LogP contribution in [0.25, 0.3) is 0 Å². The molecule has 1 heterocycles. The van der Waals surface area contributed by atoms with Crippen LogP contribution in [0.1, 0.15) is 39.1 Å². The second kappa shape index (κ2) is 8.26. The first-order valence-corrected chi connectivity index (χ1v) is 8.40. The zero-order valence-electron chi connectivity index (χ0n) is 14.2. The molecule has 1 aliphatic rings. The van der Waals surface area contributed by atoms with E-state index in [0.29, 0.717) is 0 Å². The van der Waals surface area contributed by atoms with Crippen molar-refractivity contribution in [1.82, 2.24) is 10.9 Å². The van der Waals surface area contributed by atoms with E-state index in [-0.39, 0.29) is 11.1 Å². The Morgan fingerprint density at radius 3 is 2.31 bits per heavy atom. The molecule has 2 aromatic rings. The minimum atomic E-state index is -0.679. The van der Waals surface area contributed by atoms with E-state index in [1.807, 2.05) is 24.3 Å². The monoisotopic (exact) mass is 352 g/mol. The average molecular weight is 352 g/mol. The molecule has 3 N–H and O–H groups in total. The Kier molecular flexibility index (Phi) is 5.60. The fourth-order valence-electron chi connectivity index (χ4n) is 2.84. The number of hydroxylamine groups is 1. The summed E-state index contributed by atoms with van der Waals surface area (Å²) < 4.78 is 0. The molecule has 7 nitrogen and oxygen atoms in total. The van der Waals surface area contributed by atoms with Crippen molar-refractivity contribution in [1.29, 1.82) is 0 Å². The number of nitrogens with one attached hydrogen (secondary N) is 2. The fourth-order valence-corrected chi connectivity index (χ4v) is 2.84. The smallest absolute Gasteiger partial charge is 0.274 e. The van der Waals surface area contributed by atoms with Crippen LogP contribution >= 0.6 is 0 Å². The van der Waals surface area contributed by atoms with Gasteiger partial charge in [0.05, 0.1) is 6.21 Å². The summed E-state index contributed by atoms with van der Waals surface area (Å²) in [6, 6.07) is 14.0. The Bertz CT molecular complexity index is 812. The van der Waals surface area contributed by atoms with Gasteiger partial charge in [-0.15, -0.1) is 0 Å². The number of amides is 2. The third-order valence-corrected chi connectivity index (χ3v) is 4.23. The van der Waals surface area contributed by atoms with Crippen LogP contribution in [0, 0.1) is 0 Å². The number of carbonyl (C=O) groups excluding carboxylic acids is 2. The van der Waals surface area contributed by atoms with Crippen LogP contribution in [0.4, 0.5) is 5.69 Å². The molecular formula is C19H20N4O3. The second-order valence-electron chi connectivity index (χ2n) is 6.01. The Hall–Kier alpha value is -3.19. The SMILES string of the molecule is O=C(NO)c1cccc(C(=O)N/N=C/c2ccc(N3CCCC3)cc2)c1. The predicted molar refractivity (Wildman–Crippen MR) is 98.6 cm³/mol. The van der Waals surface area contributed by atoms with Gasteiger partial charge in [-0.25, -0.2) is 10.9 Å². The van der Waals surface area contributed by atoms with Crippen molar-refractivity contribution in [2.24, 2.45) is 5.10 Å². The molecule has 1 fully saturated rings. The van der Waals surface area contributed by atoms with Gasteiger partial charge in [-0.3, -0.25) is 14.8 Å². The lowest BCUT2D eigenvalue weighted by atomic mass is 10.1. The lowest BCUT2D eigenvalue weighted by molar-refractivity contribution is 0.0706. The molecule has 26 heavy (non-hydrogen) atoms. The minimum Gasteiger partial charge on any atom is -0.372 e.